The highest BCUT2D eigenvalue weighted by Crippen LogP contribution is 2.39. The molecule has 144 valence electrons. The van der Waals surface area contributed by atoms with Crippen LogP contribution in [-0.4, -0.2) is 70.5 Å². The van der Waals surface area contributed by atoms with Crippen molar-refractivity contribution in [3.8, 4) is 0 Å². The van der Waals surface area contributed by atoms with Gasteiger partial charge in [0.05, 0.1) is 5.60 Å². The fourth-order valence-electron chi connectivity index (χ4n) is 5.51. The van der Waals surface area contributed by atoms with Gasteiger partial charge in [0.2, 0.25) is 0 Å². The molecule has 26 heavy (non-hydrogen) atoms. The van der Waals surface area contributed by atoms with Crippen LogP contribution in [0, 0.1) is 0 Å². The molecule has 0 bridgehead atoms. The minimum atomic E-state index is -0.556. The summed E-state index contributed by atoms with van der Waals surface area (Å²) in [5.41, 5.74) is 0.868. The second-order valence-corrected chi connectivity index (χ2v) is 8.80. The average molecular weight is 359 g/mol. The Morgan fingerprint density at radius 3 is 2.54 bits per heavy atom. The molecule has 1 aromatic rings. The number of aliphatic hydroxyl groups is 2. The summed E-state index contributed by atoms with van der Waals surface area (Å²) in [7, 11) is 0. The number of fused-ring (bicyclic) bond motifs is 1. The van der Waals surface area contributed by atoms with E-state index in [-0.39, 0.29) is 6.61 Å². The van der Waals surface area contributed by atoms with Gasteiger partial charge in [-0.2, -0.15) is 0 Å². The van der Waals surface area contributed by atoms with Gasteiger partial charge >= 0.3 is 0 Å². The lowest BCUT2D eigenvalue weighted by Crippen LogP contribution is -2.60. The molecule has 0 radical (unpaired) electrons. The number of rotatable bonds is 5. The zero-order chi connectivity index (χ0) is 18.0. The molecule has 2 atom stereocenters. The van der Waals surface area contributed by atoms with Gasteiger partial charge in [-0.25, -0.2) is 0 Å². The average Bonchev–Trinajstić information content (AvgIpc) is 3.10. The Morgan fingerprint density at radius 1 is 1.04 bits per heavy atom. The van der Waals surface area contributed by atoms with E-state index in [0.717, 1.165) is 51.7 Å². The summed E-state index contributed by atoms with van der Waals surface area (Å²) in [6.07, 6.45) is 7.35. The summed E-state index contributed by atoms with van der Waals surface area (Å²) in [5, 5.41) is 20.8. The van der Waals surface area contributed by atoms with Crippen molar-refractivity contribution in [2.75, 3.05) is 32.8 Å². The van der Waals surface area contributed by atoms with Crippen LogP contribution in [0.25, 0.3) is 0 Å². The minimum absolute atomic E-state index is 0.244. The van der Waals surface area contributed by atoms with E-state index in [1.165, 1.54) is 24.9 Å². The van der Waals surface area contributed by atoms with E-state index < -0.39 is 5.60 Å². The van der Waals surface area contributed by atoms with Crippen LogP contribution in [0.5, 0.6) is 0 Å². The van der Waals surface area contributed by atoms with Crippen molar-refractivity contribution in [1.82, 2.24) is 9.80 Å². The highest BCUT2D eigenvalue weighted by atomic mass is 16.3. The van der Waals surface area contributed by atoms with E-state index in [1.807, 2.05) is 0 Å². The van der Waals surface area contributed by atoms with Crippen LogP contribution < -0.4 is 0 Å². The zero-order valence-electron chi connectivity index (χ0n) is 15.9. The van der Waals surface area contributed by atoms with Crippen LogP contribution in [0.4, 0.5) is 0 Å². The summed E-state index contributed by atoms with van der Waals surface area (Å²) in [6, 6.07) is 11.8. The Kier molecular flexibility index (Phi) is 5.65. The summed E-state index contributed by atoms with van der Waals surface area (Å²) in [4.78, 5) is 5.11. The first kappa shape index (κ1) is 18.4. The number of β-amino-alcohol motifs (C(OH)–C–C–N with tert-alkyl or cyclic N) is 1. The number of hydrogen-bond acceptors (Lipinski definition) is 4. The fourth-order valence-corrected chi connectivity index (χ4v) is 5.51. The molecule has 0 aromatic heterocycles. The third-order valence-corrected chi connectivity index (χ3v) is 7.05. The third kappa shape index (κ3) is 3.99. The second-order valence-electron chi connectivity index (χ2n) is 8.80. The van der Waals surface area contributed by atoms with Gasteiger partial charge in [0.15, 0.2) is 0 Å². The highest BCUT2D eigenvalue weighted by Gasteiger charge is 2.41. The Morgan fingerprint density at radius 2 is 1.81 bits per heavy atom. The van der Waals surface area contributed by atoms with Crippen LogP contribution in [-0.2, 0) is 0 Å². The van der Waals surface area contributed by atoms with Crippen LogP contribution in [0.15, 0.2) is 30.3 Å². The smallest absolute Gasteiger partial charge is 0.0774 e. The van der Waals surface area contributed by atoms with Crippen molar-refractivity contribution >= 4 is 0 Å². The Balaban J connectivity index is 1.37. The summed E-state index contributed by atoms with van der Waals surface area (Å²) in [5.74, 6) is 0.594. The quantitative estimate of drug-likeness (QED) is 0.849. The number of hydrogen-bond donors (Lipinski definition) is 2. The molecule has 4 heteroatoms. The molecular formula is C22H34N2O2. The second kappa shape index (κ2) is 7.97. The monoisotopic (exact) mass is 358 g/mol. The molecule has 3 aliphatic rings. The van der Waals surface area contributed by atoms with Gasteiger partial charge in [0, 0.05) is 38.3 Å². The Hall–Kier alpha value is -0.940. The van der Waals surface area contributed by atoms with Gasteiger partial charge in [-0.1, -0.05) is 30.3 Å². The molecule has 1 saturated carbocycles. The predicted molar refractivity (Wildman–Crippen MR) is 104 cm³/mol. The first-order chi connectivity index (χ1) is 12.7. The molecule has 4 nitrogen and oxygen atoms in total. The van der Waals surface area contributed by atoms with Crippen molar-refractivity contribution in [1.29, 1.82) is 0 Å². The van der Waals surface area contributed by atoms with E-state index in [0.29, 0.717) is 18.0 Å². The van der Waals surface area contributed by atoms with E-state index >= 15 is 0 Å². The molecule has 1 aromatic carbocycles. The van der Waals surface area contributed by atoms with Crippen molar-refractivity contribution in [2.45, 2.75) is 68.5 Å². The molecule has 2 heterocycles. The number of benzene rings is 1. The van der Waals surface area contributed by atoms with Crippen molar-refractivity contribution in [3.63, 3.8) is 0 Å². The largest absolute Gasteiger partial charge is 0.396 e. The Bertz CT molecular complexity index is 571. The maximum Gasteiger partial charge on any atom is 0.0774 e. The lowest BCUT2D eigenvalue weighted by Gasteiger charge is -2.48. The molecular weight excluding hydrogens is 324 g/mol. The lowest BCUT2D eigenvalue weighted by molar-refractivity contribution is -0.0625. The number of aliphatic hydroxyl groups excluding tert-OH is 1. The van der Waals surface area contributed by atoms with Crippen molar-refractivity contribution in [2.24, 2.45) is 0 Å². The minimum Gasteiger partial charge on any atom is -0.396 e. The van der Waals surface area contributed by atoms with Gasteiger partial charge in [0.25, 0.3) is 0 Å². The van der Waals surface area contributed by atoms with Crippen LogP contribution in [0.2, 0.25) is 0 Å². The van der Waals surface area contributed by atoms with Crippen LogP contribution >= 0.6 is 0 Å². The molecule has 2 N–H and O–H groups in total. The van der Waals surface area contributed by atoms with E-state index in [9.17, 15) is 10.2 Å². The lowest BCUT2D eigenvalue weighted by atomic mass is 9.75. The zero-order valence-corrected chi connectivity index (χ0v) is 15.9. The number of nitrogens with zero attached hydrogens (tertiary/aromatic N) is 2. The molecule has 2 aliphatic heterocycles. The maximum atomic E-state index is 11.3. The van der Waals surface area contributed by atoms with Gasteiger partial charge < -0.3 is 10.2 Å². The maximum absolute atomic E-state index is 11.3. The molecule has 3 fully saturated rings. The van der Waals surface area contributed by atoms with Gasteiger partial charge in [-0.15, -0.1) is 0 Å². The first-order valence-electron chi connectivity index (χ1n) is 10.5. The molecule has 1 aliphatic carbocycles. The summed E-state index contributed by atoms with van der Waals surface area (Å²) in [6.45, 7) is 4.37. The van der Waals surface area contributed by atoms with Crippen molar-refractivity contribution < 1.29 is 10.2 Å². The van der Waals surface area contributed by atoms with Gasteiger partial charge in [-0.3, -0.25) is 9.80 Å². The Labute approximate surface area is 157 Å². The molecule has 4 rings (SSSR count). The molecule has 0 amide bonds. The fraction of sp³-hybridized carbons (Fsp3) is 0.727. The van der Waals surface area contributed by atoms with Crippen LogP contribution in [0.1, 0.15) is 56.4 Å². The van der Waals surface area contributed by atoms with E-state index in [2.05, 4.69) is 40.1 Å². The normalized spacial score (nSPS) is 36.2. The predicted octanol–water partition coefficient (Wildman–Crippen LogP) is 2.61. The summed E-state index contributed by atoms with van der Waals surface area (Å²) < 4.78 is 0. The molecule has 2 saturated heterocycles. The van der Waals surface area contributed by atoms with E-state index in [1.54, 1.807) is 0 Å². The van der Waals surface area contributed by atoms with E-state index in [4.69, 9.17) is 0 Å². The third-order valence-electron chi connectivity index (χ3n) is 7.05. The van der Waals surface area contributed by atoms with Gasteiger partial charge in [-0.05, 0) is 63.0 Å². The highest BCUT2D eigenvalue weighted by molar-refractivity contribution is 5.20. The summed E-state index contributed by atoms with van der Waals surface area (Å²) >= 11 is 0. The van der Waals surface area contributed by atoms with Gasteiger partial charge in [0.1, 0.15) is 0 Å². The molecule has 0 spiro atoms. The SMILES string of the molecule is OCC[C@H]1CN2CCC[C@H]2CN1CC1(O)CCC(c2ccccc2)CC1. The van der Waals surface area contributed by atoms with Crippen molar-refractivity contribution in [3.05, 3.63) is 35.9 Å². The number of piperazine rings is 1. The standard InChI is InChI=1S/C22H34N2O2/c25-14-10-21-15-23-13-4-7-20(23)16-24(21)17-22(26)11-8-19(9-12-22)18-5-2-1-3-6-18/h1-3,5-6,19-21,25-26H,4,7-17H2/t19?,20-,21-,22?/m0/s1. The topological polar surface area (TPSA) is 46.9 Å². The van der Waals surface area contributed by atoms with Crippen LogP contribution in [0.3, 0.4) is 0 Å². The molecule has 0 unspecified atom stereocenters. The first-order valence-corrected chi connectivity index (χ1v) is 10.5.